The fourth-order valence-electron chi connectivity index (χ4n) is 4.77. The molecule has 9 heteroatoms. The molecule has 3 heterocycles. The van der Waals surface area contributed by atoms with E-state index >= 15 is 0 Å². The number of hydrogen-bond acceptors (Lipinski definition) is 8. The minimum Gasteiger partial charge on any atom is -0.465 e. The summed E-state index contributed by atoms with van der Waals surface area (Å²) in [4.78, 5) is 29.5. The summed E-state index contributed by atoms with van der Waals surface area (Å²) >= 11 is 0. The molecule has 2 aromatic carbocycles. The average molecular weight is 501 g/mol. The van der Waals surface area contributed by atoms with Gasteiger partial charge in [-0.1, -0.05) is 6.07 Å². The molecule has 1 N–H and O–H groups in total. The molecule has 0 atom stereocenters. The number of rotatable bonds is 6. The molecule has 0 spiro atoms. The molecule has 0 unspecified atom stereocenters. The SMILES string of the molecule is COC(=O)c1cccc(Nc2cc3cnn(C4CCOCC4)c3cc2-c2ccnc(C)c2)c1C(=O)OC. The van der Waals surface area contributed by atoms with E-state index in [-0.39, 0.29) is 17.2 Å². The van der Waals surface area contributed by atoms with Gasteiger partial charge in [0.1, 0.15) is 0 Å². The monoisotopic (exact) mass is 500 g/mol. The molecule has 1 fully saturated rings. The maximum absolute atomic E-state index is 12.8. The van der Waals surface area contributed by atoms with Crippen LogP contribution in [0.2, 0.25) is 0 Å². The number of carbonyl (C=O) groups is 2. The van der Waals surface area contributed by atoms with Gasteiger partial charge in [-0.3, -0.25) is 9.67 Å². The smallest absolute Gasteiger partial charge is 0.340 e. The number of nitrogens with zero attached hydrogens (tertiary/aromatic N) is 3. The molecule has 0 saturated carbocycles. The standard InChI is InChI=1S/C28H28N4O5/c1-17-13-18(7-10-29-17)22-15-25-19(16-30-32(25)20-8-11-37-12-9-20)14-24(22)31-23-6-4-5-21(27(33)35-2)26(23)28(34)36-3/h4-7,10,13-16,20,31H,8-9,11-12H2,1-3H3. The average Bonchev–Trinajstić information content (AvgIpc) is 3.35. The van der Waals surface area contributed by atoms with Gasteiger partial charge in [-0.2, -0.15) is 5.10 Å². The Hall–Kier alpha value is -4.24. The first-order valence-electron chi connectivity index (χ1n) is 12.1. The Morgan fingerprint density at radius 1 is 1.03 bits per heavy atom. The summed E-state index contributed by atoms with van der Waals surface area (Å²) in [6.07, 6.45) is 5.43. The molecule has 0 radical (unpaired) electrons. The van der Waals surface area contributed by atoms with Crippen molar-refractivity contribution in [1.82, 2.24) is 14.8 Å². The Morgan fingerprint density at radius 2 is 1.81 bits per heavy atom. The summed E-state index contributed by atoms with van der Waals surface area (Å²) in [5, 5.41) is 9.05. The van der Waals surface area contributed by atoms with Crippen molar-refractivity contribution in [2.45, 2.75) is 25.8 Å². The lowest BCUT2D eigenvalue weighted by Gasteiger charge is -2.23. The van der Waals surface area contributed by atoms with Crippen LogP contribution in [0.25, 0.3) is 22.0 Å². The molecule has 190 valence electrons. The number of aromatic nitrogens is 3. The number of hydrogen-bond donors (Lipinski definition) is 1. The first-order valence-corrected chi connectivity index (χ1v) is 12.1. The molecule has 5 rings (SSSR count). The minimum atomic E-state index is -0.641. The van der Waals surface area contributed by atoms with Crippen LogP contribution >= 0.6 is 0 Å². The van der Waals surface area contributed by atoms with Gasteiger partial charge < -0.3 is 19.5 Å². The zero-order valence-electron chi connectivity index (χ0n) is 21.0. The molecular weight excluding hydrogens is 472 g/mol. The minimum absolute atomic E-state index is 0.103. The lowest BCUT2D eigenvalue weighted by atomic mass is 10.00. The lowest BCUT2D eigenvalue weighted by Crippen LogP contribution is -2.20. The van der Waals surface area contributed by atoms with E-state index < -0.39 is 11.9 Å². The molecule has 0 bridgehead atoms. The van der Waals surface area contributed by atoms with E-state index in [1.165, 1.54) is 20.3 Å². The highest BCUT2D eigenvalue weighted by Crippen LogP contribution is 2.37. The van der Waals surface area contributed by atoms with Gasteiger partial charge in [0.2, 0.25) is 0 Å². The van der Waals surface area contributed by atoms with Gasteiger partial charge in [0, 0.05) is 41.7 Å². The molecule has 1 aliphatic heterocycles. The maximum atomic E-state index is 12.8. The van der Waals surface area contributed by atoms with Crippen LogP contribution in [0.15, 0.2) is 54.9 Å². The van der Waals surface area contributed by atoms with E-state index in [0.29, 0.717) is 5.69 Å². The van der Waals surface area contributed by atoms with Crippen molar-refractivity contribution in [2.75, 3.05) is 32.8 Å². The van der Waals surface area contributed by atoms with Gasteiger partial charge in [0.15, 0.2) is 0 Å². The quantitative estimate of drug-likeness (QED) is 0.366. The number of pyridine rings is 1. The van der Waals surface area contributed by atoms with Crippen molar-refractivity contribution >= 4 is 34.2 Å². The molecule has 0 amide bonds. The fraction of sp³-hybridized carbons (Fsp3) is 0.286. The Labute approximate surface area is 214 Å². The van der Waals surface area contributed by atoms with Gasteiger partial charge >= 0.3 is 11.9 Å². The van der Waals surface area contributed by atoms with Gasteiger partial charge in [-0.25, -0.2) is 9.59 Å². The number of aryl methyl sites for hydroxylation is 1. The van der Waals surface area contributed by atoms with E-state index in [9.17, 15) is 9.59 Å². The third-order valence-electron chi connectivity index (χ3n) is 6.61. The normalized spacial score (nSPS) is 13.9. The number of methoxy groups -OCH3 is 2. The summed E-state index contributed by atoms with van der Waals surface area (Å²) in [5.41, 5.74) is 5.16. The second kappa shape index (κ2) is 10.4. The van der Waals surface area contributed by atoms with Crippen LogP contribution in [0.5, 0.6) is 0 Å². The molecule has 37 heavy (non-hydrogen) atoms. The first kappa shape index (κ1) is 24.5. The van der Waals surface area contributed by atoms with Crippen molar-refractivity contribution in [3.05, 3.63) is 71.7 Å². The van der Waals surface area contributed by atoms with E-state index in [2.05, 4.69) is 21.0 Å². The van der Waals surface area contributed by atoms with E-state index in [4.69, 9.17) is 19.3 Å². The molecule has 2 aromatic heterocycles. The zero-order chi connectivity index (χ0) is 25.9. The highest BCUT2D eigenvalue weighted by molar-refractivity contribution is 6.08. The predicted molar refractivity (Wildman–Crippen MR) is 139 cm³/mol. The molecule has 0 aliphatic carbocycles. The Morgan fingerprint density at radius 3 is 2.54 bits per heavy atom. The van der Waals surface area contributed by atoms with Crippen LogP contribution in [0, 0.1) is 6.92 Å². The van der Waals surface area contributed by atoms with Gasteiger partial charge in [-0.05, 0) is 61.7 Å². The summed E-state index contributed by atoms with van der Waals surface area (Å²) in [6, 6.07) is 13.3. The highest BCUT2D eigenvalue weighted by atomic mass is 16.5. The molecule has 4 aromatic rings. The number of fused-ring (bicyclic) bond motifs is 1. The third-order valence-corrected chi connectivity index (χ3v) is 6.61. The van der Waals surface area contributed by atoms with Crippen LogP contribution in [0.1, 0.15) is 45.3 Å². The second-order valence-electron chi connectivity index (χ2n) is 8.91. The maximum Gasteiger partial charge on any atom is 0.340 e. The number of ether oxygens (including phenoxy) is 3. The van der Waals surface area contributed by atoms with E-state index in [1.807, 2.05) is 31.3 Å². The summed E-state index contributed by atoms with van der Waals surface area (Å²) in [7, 11) is 2.56. The van der Waals surface area contributed by atoms with Crippen molar-refractivity contribution < 1.29 is 23.8 Å². The van der Waals surface area contributed by atoms with Crippen molar-refractivity contribution in [3.8, 4) is 11.1 Å². The number of benzene rings is 2. The van der Waals surface area contributed by atoms with Crippen LogP contribution in [-0.4, -0.2) is 54.1 Å². The number of anilines is 2. The second-order valence-corrected chi connectivity index (χ2v) is 8.91. The first-order chi connectivity index (χ1) is 18.0. The van der Waals surface area contributed by atoms with Crippen molar-refractivity contribution in [3.63, 3.8) is 0 Å². The Balaban J connectivity index is 1.67. The Kier molecular flexibility index (Phi) is 6.87. The zero-order valence-corrected chi connectivity index (χ0v) is 21.0. The molecule has 9 nitrogen and oxygen atoms in total. The lowest BCUT2D eigenvalue weighted by molar-refractivity contribution is 0.0556. The molecule has 1 aliphatic rings. The van der Waals surface area contributed by atoms with Crippen LogP contribution < -0.4 is 5.32 Å². The Bertz CT molecular complexity index is 1470. The number of nitrogens with one attached hydrogen (secondary N) is 1. The third kappa shape index (κ3) is 4.77. The number of esters is 2. The van der Waals surface area contributed by atoms with Crippen molar-refractivity contribution in [1.29, 1.82) is 0 Å². The van der Waals surface area contributed by atoms with Crippen LogP contribution in [0.3, 0.4) is 0 Å². The van der Waals surface area contributed by atoms with Gasteiger partial charge in [0.25, 0.3) is 0 Å². The summed E-state index contributed by atoms with van der Waals surface area (Å²) in [6.45, 7) is 3.38. The summed E-state index contributed by atoms with van der Waals surface area (Å²) < 4.78 is 17.5. The predicted octanol–water partition coefficient (Wildman–Crippen LogP) is 5.08. The van der Waals surface area contributed by atoms with Gasteiger partial charge in [-0.15, -0.1) is 0 Å². The largest absolute Gasteiger partial charge is 0.465 e. The molecular formula is C28H28N4O5. The van der Waals surface area contributed by atoms with E-state index in [0.717, 1.165) is 59.5 Å². The highest BCUT2D eigenvalue weighted by Gasteiger charge is 2.24. The molecule has 1 saturated heterocycles. The topological polar surface area (TPSA) is 105 Å². The fourth-order valence-corrected chi connectivity index (χ4v) is 4.77. The summed E-state index contributed by atoms with van der Waals surface area (Å²) in [5.74, 6) is -1.26. The number of carbonyl (C=O) groups excluding carboxylic acids is 2. The van der Waals surface area contributed by atoms with Gasteiger partial charge in [0.05, 0.1) is 48.8 Å². The van der Waals surface area contributed by atoms with Crippen LogP contribution in [-0.2, 0) is 14.2 Å². The van der Waals surface area contributed by atoms with Crippen LogP contribution in [0.4, 0.5) is 11.4 Å². The van der Waals surface area contributed by atoms with Crippen molar-refractivity contribution in [2.24, 2.45) is 0 Å². The van der Waals surface area contributed by atoms with E-state index in [1.54, 1.807) is 18.3 Å².